The highest BCUT2D eigenvalue weighted by Crippen LogP contribution is 2.42. The second-order valence-corrected chi connectivity index (χ2v) is 6.99. The van der Waals surface area contributed by atoms with E-state index >= 15 is 0 Å². The van der Waals surface area contributed by atoms with Crippen molar-refractivity contribution in [3.05, 3.63) is 24.3 Å². The van der Waals surface area contributed by atoms with E-state index in [9.17, 15) is 4.79 Å². The number of hydrogen-bond donors (Lipinski definition) is 0. The molecule has 1 aromatic carbocycles. The lowest BCUT2D eigenvalue weighted by Gasteiger charge is -2.32. The van der Waals surface area contributed by atoms with Gasteiger partial charge in [0.1, 0.15) is 5.37 Å². The van der Waals surface area contributed by atoms with Crippen LogP contribution in [0.3, 0.4) is 0 Å². The van der Waals surface area contributed by atoms with Crippen LogP contribution in [-0.2, 0) is 4.79 Å². The molecular formula is C16H22N2OS. The number of rotatable bonds is 4. The van der Waals surface area contributed by atoms with Gasteiger partial charge in [0, 0.05) is 18.0 Å². The number of nitrogens with zero attached hydrogens (tertiary/aromatic N) is 2. The summed E-state index contributed by atoms with van der Waals surface area (Å²) in [6.07, 6.45) is 3.69. The van der Waals surface area contributed by atoms with Gasteiger partial charge in [0.2, 0.25) is 0 Å². The van der Waals surface area contributed by atoms with Gasteiger partial charge in [-0.2, -0.15) is 0 Å². The van der Waals surface area contributed by atoms with Crippen LogP contribution in [0, 0.1) is 5.92 Å². The first kappa shape index (κ1) is 14.0. The standard InChI is InChI=1S/C16H22N2OS/c1-13-6-8-17(9-7-13)10-11-18-14-4-2-3-5-15(14)20-16(18)12-19/h2-5,12-13,16H,6-11H2,1H3. The molecule has 108 valence electrons. The monoisotopic (exact) mass is 290 g/mol. The lowest BCUT2D eigenvalue weighted by atomic mass is 9.99. The van der Waals surface area contributed by atoms with Crippen molar-refractivity contribution in [3.8, 4) is 0 Å². The van der Waals surface area contributed by atoms with Crippen LogP contribution in [-0.4, -0.2) is 42.7 Å². The van der Waals surface area contributed by atoms with Crippen molar-refractivity contribution in [2.75, 3.05) is 31.1 Å². The van der Waals surface area contributed by atoms with Gasteiger partial charge in [-0.05, 0) is 44.0 Å². The molecule has 0 saturated carbocycles. The predicted molar refractivity (Wildman–Crippen MR) is 84.3 cm³/mol. The normalized spacial score (nSPS) is 23.9. The summed E-state index contributed by atoms with van der Waals surface area (Å²) in [7, 11) is 0. The number of anilines is 1. The average molecular weight is 290 g/mol. The molecule has 0 aliphatic carbocycles. The zero-order valence-electron chi connectivity index (χ0n) is 12.0. The molecule has 0 spiro atoms. The van der Waals surface area contributed by atoms with E-state index < -0.39 is 0 Å². The summed E-state index contributed by atoms with van der Waals surface area (Å²) in [6, 6.07) is 8.34. The fourth-order valence-corrected chi connectivity index (χ4v) is 4.13. The molecule has 3 rings (SSSR count). The first-order valence-corrected chi connectivity index (χ1v) is 8.36. The summed E-state index contributed by atoms with van der Waals surface area (Å²) in [4.78, 5) is 17.3. The van der Waals surface area contributed by atoms with E-state index in [1.54, 1.807) is 11.8 Å². The number of piperidine rings is 1. The van der Waals surface area contributed by atoms with E-state index in [0.29, 0.717) is 0 Å². The number of carbonyl (C=O) groups is 1. The van der Waals surface area contributed by atoms with Crippen LogP contribution in [0.2, 0.25) is 0 Å². The minimum Gasteiger partial charge on any atom is -0.351 e. The highest BCUT2D eigenvalue weighted by Gasteiger charge is 2.29. The average Bonchev–Trinajstić information content (AvgIpc) is 2.84. The van der Waals surface area contributed by atoms with Crippen molar-refractivity contribution in [3.63, 3.8) is 0 Å². The number of aldehydes is 1. The summed E-state index contributed by atoms with van der Waals surface area (Å²) in [6.45, 7) is 6.76. The van der Waals surface area contributed by atoms with E-state index in [0.717, 1.165) is 25.3 Å². The maximum atomic E-state index is 11.3. The van der Waals surface area contributed by atoms with Crippen molar-refractivity contribution < 1.29 is 4.79 Å². The van der Waals surface area contributed by atoms with Crippen LogP contribution < -0.4 is 4.90 Å². The summed E-state index contributed by atoms with van der Waals surface area (Å²) in [5, 5.41) is -0.0453. The highest BCUT2D eigenvalue weighted by molar-refractivity contribution is 8.01. The molecule has 2 heterocycles. The van der Waals surface area contributed by atoms with Crippen LogP contribution in [0.1, 0.15) is 19.8 Å². The molecule has 0 aromatic heterocycles. The maximum absolute atomic E-state index is 11.3. The van der Waals surface area contributed by atoms with Gasteiger partial charge in [-0.25, -0.2) is 0 Å². The van der Waals surface area contributed by atoms with Gasteiger partial charge in [0.25, 0.3) is 0 Å². The summed E-state index contributed by atoms with van der Waals surface area (Å²) < 4.78 is 0. The molecule has 1 aromatic rings. The Balaban J connectivity index is 1.62. The third kappa shape index (κ3) is 2.86. The van der Waals surface area contributed by atoms with Crippen LogP contribution in [0.5, 0.6) is 0 Å². The Morgan fingerprint density at radius 2 is 2.00 bits per heavy atom. The van der Waals surface area contributed by atoms with E-state index in [1.165, 1.54) is 36.5 Å². The second-order valence-electron chi connectivity index (χ2n) is 5.83. The summed E-state index contributed by atoms with van der Waals surface area (Å²) in [5.41, 5.74) is 1.22. The van der Waals surface area contributed by atoms with Gasteiger partial charge in [-0.3, -0.25) is 0 Å². The number of thioether (sulfide) groups is 1. The number of benzene rings is 1. The molecule has 0 amide bonds. The number of likely N-dealkylation sites (tertiary alicyclic amines) is 1. The maximum Gasteiger partial charge on any atom is 0.153 e. The molecule has 3 nitrogen and oxygen atoms in total. The van der Waals surface area contributed by atoms with Crippen molar-refractivity contribution in [1.82, 2.24) is 4.90 Å². The topological polar surface area (TPSA) is 23.6 Å². The number of para-hydroxylation sites is 1. The van der Waals surface area contributed by atoms with E-state index in [4.69, 9.17) is 0 Å². The Labute approximate surface area is 125 Å². The van der Waals surface area contributed by atoms with Crippen LogP contribution in [0.15, 0.2) is 29.2 Å². The largest absolute Gasteiger partial charge is 0.351 e. The predicted octanol–water partition coefficient (Wildman–Crippen LogP) is 2.86. The Bertz CT molecular complexity index is 471. The Hall–Kier alpha value is -1.00. The first-order valence-electron chi connectivity index (χ1n) is 7.48. The second kappa shape index (κ2) is 6.19. The zero-order valence-corrected chi connectivity index (χ0v) is 12.8. The zero-order chi connectivity index (χ0) is 13.9. The molecular weight excluding hydrogens is 268 g/mol. The third-order valence-electron chi connectivity index (χ3n) is 4.38. The van der Waals surface area contributed by atoms with Gasteiger partial charge in [-0.1, -0.05) is 30.8 Å². The van der Waals surface area contributed by atoms with Crippen molar-refractivity contribution in [1.29, 1.82) is 0 Å². The Kier molecular flexibility index (Phi) is 4.32. The molecule has 0 bridgehead atoms. The minimum atomic E-state index is -0.0453. The number of hydrogen-bond acceptors (Lipinski definition) is 4. The summed E-state index contributed by atoms with van der Waals surface area (Å²) in [5.74, 6) is 0.872. The fraction of sp³-hybridized carbons (Fsp3) is 0.562. The van der Waals surface area contributed by atoms with Gasteiger partial charge in [-0.15, -0.1) is 0 Å². The molecule has 4 heteroatoms. The van der Waals surface area contributed by atoms with Gasteiger partial charge >= 0.3 is 0 Å². The van der Waals surface area contributed by atoms with Crippen molar-refractivity contribution >= 4 is 23.7 Å². The van der Waals surface area contributed by atoms with Crippen molar-refractivity contribution in [2.24, 2.45) is 5.92 Å². The van der Waals surface area contributed by atoms with Crippen LogP contribution in [0.4, 0.5) is 5.69 Å². The molecule has 2 aliphatic heterocycles. The Morgan fingerprint density at radius 1 is 1.25 bits per heavy atom. The molecule has 1 unspecified atom stereocenters. The number of carbonyl (C=O) groups excluding carboxylic acids is 1. The first-order chi connectivity index (χ1) is 9.78. The van der Waals surface area contributed by atoms with Crippen molar-refractivity contribution in [2.45, 2.75) is 30.0 Å². The third-order valence-corrected chi connectivity index (χ3v) is 5.59. The lowest BCUT2D eigenvalue weighted by molar-refractivity contribution is -0.107. The van der Waals surface area contributed by atoms with E-state index in [2.05, 4.69) is 34.9 Å². The van der Waals surface area contributed by atoms with Crippen LogP contribution >= 0.6 is 11.8 Å². The van der Waals surface area contributed by atoms with Crippen LogP contribution in [0.25, 0.3) is 0 Å². The van der Waals surface area contributed by atoms with Gasteiger partial charge in [0.15, 0.2) is 6.29 Å². The van der Waals surface area contributed by atoms with E-state index in [-0.39, 0.29) is 5.37 Å². The lowest BCUT2D eigenvalue weighted by Crippen LogP contribution is -2.41. The molecule has 1 saturated heterocycles. The van der Waals surface area contributed by atoms with E-state index in [1.807, 2.05) is 6.07 Å². The quantitative estimate of drug-likeness (QED) is 0.796. The SMILES string of the molecule is CC1CCN(CCN2c3ccccc3SC2C=O)CC1. The molecule has 2 aliphatic rings. The number of fused-ring (bicyclic) bond motifs is 1. The highest BCUT2D eigenvalue weighted by atomic mass is 32.2. The summed E-state index contributed by atoms with van der Waals surface area (Å²) >= 11 is 1.67. The van der Waals surface area contributed by atoms with Gasteiger partial charge < -0.3 is 14.6 Å². The molecule has 1 atom stereocenters. The van der Waals surface area contributed by atoms with Gasteiger partial charge in [0.05, 0.1) is 5.69 Å². The molecule has 0 N–H and O–H groups in total. The molecule has 1 fully saturated rings. The Morgan fingerprint density at radius 3 is 2.75 bits per heavy atom. The minimum absolute atomic E-state index is 0.0453. The molecule has 0 radical (unpaired) electrons. The fourth-order valence-electron chi connectivity index (χ4n) is 3.01. The smallest absolute Gasteiger partial charge is 0.153 e. The molecule has 20 heavy (non-hydrogen) atoms.